The van der Waals surface area contributed by atoms with Crippen LogP contribution in [0.2, 0.25) is 5.02 Å². The highest BCUT2D eigenvalue weighted by molar-refractivity contribution is 6.30. The summed E-state index contributed by atoms with van der Waals surface area (Å²) in [5.74, 6) is 2.95. The van der Waals surface area contributed by atoms with Gasteiger partial charge >= 0.3 is 0 Å². The van der Waals surface area contributed by atoms with E-state index in [-0.39, 0.29) is 0 Å². The normalized spacial score (nSPS) is 36.3. The molecule has 0 radical (unpaired) electrons. The Labute approximate surface area is 136 Å². The number of pyridine rings is 1. The van der Waals surface area contributed by atoms with Crippen LogP contribution in [-0.4, -0.2) is 14.9 Å². The van der Waals surface area contributed by atoms with E-state index in [9.17, 15) is 0 Å². The van der Waals surface area contributed by atoms with Crippen molar-refractivity contribution >= 4 is 17.2 Å². The van der Waals surface area contributed by atoms with E-state index in [1.807, 2.05) is 24.5 Å². The largest absolute Gasteiger partial charge is 0.306 e. The molecule has 1 N–H and O–H groups in total. The number of imidazole rings is 1. The minimum absolute atomic E-state index is 0.400. The van der Waals surface area contributed by atoms with Crippen LogP contribution in [0.1, 0.15) is 44.2 Å². The van der Waals surface area contributed by atoms with Crippen LogP contribution in [0, 0.1) is 17.8 Å². The SMILES string of the molecule is Clc1ccc2ncc(CNC34CC5CC(CC(C5)C3)C4)n2c1. The number of hydrogen-bond acceptors (Lipinski definition) is 2. The van der Waals surface area contributed by atoms with Gasteiger partial charge in [-0.15, -0.1) is 0 Å². The summed E-state index contributed by atoms with van der Waals surface area (Å²) in [6.45, 7) is 0.896. The average molecular weight is 316 g/mol. The molecule has 22 heavy (non-hydrogen) atoms. The predicted octanol–water partition coefficient (Wildman–Crippen LogP) is 4.05. The molecular weight excluding hydrogens is 294 g/mol. The van der Waals surface area contributed by atoms with E-state index in [4.69, 9.17) is 11.6 Å². The van der Waals surface area contributed by atoms with E-state index >= 15 is 0 Å². The zero-order valence-electron chi connectivity index (χ0n) is 12.8. The molecule has 4 aliphatic rings. The number of aromatic nitrogens is 2. The summed E-state index contributed by atoms with van der Waals surface area (Å²) in [5.41, 5.74) is 2.59. The standard InChI is InChI=1S/C18H22ClN3/c19-15-1-2-17-20-9-16(22(17)11-15)10-21-18-6-12-3-13(7-18)5-14(4-12)8-18/h1-2,9,11-14,21H,3-8,10H2. The summed E-state index contributed by atoms with van der Waals surface area (Å²) in [5, 5.41) is 4.70. The lowest BCUT2D eigenvalue weighted by molar-refractivity contribution is -0.0207. The van der Waals surface area contributed by atoms with Gasteiger partial charge in [0.25, 0.3) is 0 Å². The van der Waals surface area contributed by atoms with Crippen molar-refractivity contribution < 1.29 is 0 Å². The summed E-state index contributed by atoms with van der Waals surface area (Å²) in [4.78, 5) is 4.49. The van der Waals surface area contributed by atoms with Crippen molar-refractivity contribution in [2.45, 2.75) is 50.6 Å². The van der Waals surface area contributed by atoms with Crippen LogP contribution in [-0.2, 0) is 6.54 Å². The van der Waals surface area contributed by atoms with Gasteiger partial charge in [0.15, 0.2) is 0 Å². The number of halogens is 1. The number of rotatable bonds is 3. The fraction of sp³-hybridized carbons (Fsp3) is 0.611. The first-order chi connectivity index (χ1) is 10.7. The van der Waals surface area contributed by atoms with E-state index in [1.54, 1.807) is 0 Å². The van der Waals surface area contributed by atoms with Crippen LogP contribution in [0.4, 0.5) is 0 Å². The zero-order valence-corrected chi connectivity index (χ0v) is 13.5. The number of nitrogens with zero attached hydrogens (tertiary/aromatic N) is 2. The van der Waals surface area contributed by atoms with E-state index < -0.39 is 0 Å². The minimum Gasteiger partial charge on any atom is -0.306 e. The number of fused-ring (bicyclic) bond motifs is 1. The van der Waals surface area contributed by atoms with Crippen LogP contribution in [0.3, 0.4) is 0 Å². The second kappa shape index (κ2) is 4.72. The molecule has 0 aromatic carbocycles. The zero-order chi connectivity index (χ0) is 14.7. The van der Waals surface area contributed by atoms with Gasteiger partial charge in [-0.1, -0.05) is 11.6 Å². The highest BCUT2D eigenvalue weighted by Crippen LogP contribution is 2.55. The van der Waals surface area contributed by atoms with E-state index in [2.05, 4.69) is 14.7 Å². The van der Waals surface area contributed by atoms with Crippen LogP contribution < -0.4 is 5.32 Å². The molecule has 6 rings (SSSR count). The lowest BCUT2D eigenvalue weighted by Gasteiger charge is -2.57. The molecule has 2 aromatic heterocycles. The van der Waals surface area contributed by atoms with Gasteiger partial charge < -0.3 is 9.72 Å². The van der Waals surface area contributed by atoms with E-state index in [1.165, 1.54) is 44.2 Å². The van der Waals surface area contributed by atoms with E-state index in [0.717, 1.165) is 35.0 Å². The molecule has 4 heteroatoms. The second-order valence-corrected chi connectivity index (χ2v) is 8.31. The third kappa shape index (κ3) is 2.10. The Balaban J connectivity index is 1.39. The maximum absolute atomic E-state index is 6.14. The molecule has 3 nitrogen and oxygen atoms in total. The highest BCUT2D eigenvalue weighted by atomic mass is 35.5. The molecule has 0 amide bonds. The Bertz CT molecular complexity index is 685. The molecule has 0 aliphatic heterocycles. The Morgan fingerprint density at radius 3 is 2.50 bits per heavy atom. The van der Waals surface area contributed by atoms with Crippen molar-refractivity contribution in [1.82, 2.24) is 14.7 Å². The first-order valence-electron chi connectivity index (χ1n) is 8.56. The Kier molecular flexibility index (Phi) is 2.87. The monoisotopic (exact) mass is 315 g/mol. The molecule has 4 saturated carbocycles. The van der Waals surface area contributed by atoms with Gasteiger partial charge in [-0.25, -0.2) is 4.98 Å². The molecule has 4 fully saturated rings. The Morgan fingerprint density at radius 1 is 1.14 bits per heavy atom. The van der Waals surface area contributed by atoms with Crippen molar-refractivity contribution in [3.05, 3.63) is 35.2 Å². The van der Waals surface area contributed by atoms with Gasteiger partial charge in [0.1, 0.15) is 5.65 Å². The summed E-state index contributed by atoms with van der Waals surface area (Å²) in [6, 6.07) is 3.89. The van der Waals surface area contributed by atoms with Gasteiger partial charge in [-0.2, -0.15) is 0 Å². The third-order valence-corrected chi connectivity index (χ3v) is 6.45. The molecular formula is C18H22ClN3. The van der Waals surface area contributed by atoms with Crippen LogP contribution in [0.5, 0.6) is 0 Å². The van der Waals surface area contributed by atoms with Crippen molar-refractivity contribution in [3.8, 4) is 0 Å². The van der Waals surface area contributed by atoms with Gasteiger partial charge in [0.2, 0.25) is 0 Å². The van der Waals surface area contributed by atoms with Crippen molar-refractivity contribution in [1.29, 1.82) is 0 Å². The second-order valence-electron chi connectivity index (χ2n) is 7.88. The quantitative estimate of drug-likeness (QED) is 0.926. The van der Waals surface area contributed by atoms with Crippen LogP contribution >= 0.6 is 11.6 Å². The molecule has 0 atom stereocenters. The maximum Gasteiger partial charge on any atom is 0.137 e. The molecule has 4 bridgehead atoms. The van der Waals surface area contributed by atoms with Crippen molar-refractivity contribution in [2.24, 2.45) is 17.8 Å². The molecule has 2 heterocycles. The van der Waals surface area contributed by atoms with Gasteiger partial charge in [-0.3, -0.25) is 0 Å². The molecule has 0 spiro atoms. The summed E-state index contributed by atoms with van der Waals surface area (Å²) >= 11 is 6.14. The minimum atomic E-state index is 0.400. The summed E-state index contributed by atoms with van der Waals surface area (Å²) < 4.78 is 2.12. The average Bonchev–Trinajstić information content (AvgIpc) is 2.86. The Morgan fingerprint density at radius 2 is 1.82 bits per heavy atom. The topological polar surface area (TPSA) is 29.3 Å². The maximum atomic E-state index is 6.14. The van der Waals surface area contributed by atoms with E-state index in [0.29, 0.717) is 5.54 Å². The summed E-state index contributed by atoms with van der Waals surface area (Å²) in [6.07, 6.45) is 12.6. The van der Waals surface area contributed by atoms with Gasteiger partial charge in [0.05, 0.1) is 16.9 Å². The van der Waals surface area contributed by atoms with Crippen molar-refractivity contribution in [3.63, 3.8) is 0 Å². The highest BCUT2D eigenvalue weighted by Gasteiger charge is 2.50. The Hall–Kier alpha value is -1.06. The fourth-order valence-corrected chi connectivity index (χ4v) is 5.90. The third-order valence-electron chi connectivity index (χ3n) is 6.23. The lowest BCUT2D eigenvalue weighted by atomic mass is 9.53. The van der Waals surface area contributed by atoms with Crippen LogP contribution in [0.25, 0.3) is 5.65 Å². The summed E-state index contributed by atoms with van der Waals surface area (Å²) in [7, 11) is 0. The molecule has 0 saturated heterocycles. The van der Waals surface area contributed by atoms with Crippen molar-refractivity contribution in [2.75, 3.05) is 0 Å². The molecule has 4 aliphatic carbocycles. The van der Waals surface area contributed by atoms with Crippen LogP contribution in [0.15, 0.2) is 24.5 Å². The first-order valence-corrected chi connectivity index (χ1v) is 8.93. The lowest BCUT2D eigenvalue weighted by Crippen LogP contribution is -2.58. The number of nitrogens with one attached hydrogen (secondary N) is 1. The van der Waals surface area contributed by atoms with Gasteiger partial charge in [-0.05, 0) is 68.4 Å². The molecule has 116 valence electrons. The smallest absolute Gasteiger partial charge is 0.137 e. The molecule has 2 aromatic rings. The number of hydrogen-bond donors (Lipinski definition) is 1. The first kappa shape index (κ1) is 13.4. The van der Waals surface area contributed by atoms with Gasteiger partial charge in [0, 0.05) is 18.3 Å². The fourth-order valence-electron chi connectivity index (χ4n) is 5.74. The predicted molar refractivity (Wildman–Crippen MR) is 87.9 cm³/mol. The molecule has 0 unspecified atom stereocenters.